The van der Waals surface area contributed by atoms with Gasteiger partial charge in [0.2, 0.25) is 0 Å². The van der Waals surface area contributed by atoms with E-state index < -0.39 is 22.0 Å². The van der Waals surface area contributed by atoms with Crippen molar-refractivity contribution in [1.82, 2.24) is 3.97 Å². The molecule has 6 nitrogen and oxygen atoms in total. The molecule has 0 aliphatic heterocycles. The molecule has 1 atom stereocenters. The Bertz CT molecular complexity index is 1040. The first-order chi connectivity index (χ1) is 11.8. The molecule has 25 heavy (non-hydrogen) atoms. The highest BCUT2D eigenvalue weighted by Crippen LogP contribution is 2.27. The van der Waals surface area contributed by atoms with Crippen LogP contribution >= 0.6 is 0 Å². The maximum absolute atomic E-state index is 13.0. The van der Waals surface area contributed by atoms with Crippen molar-refractivity contribution in [3.63, 3.8) is 0 Å². The molecule has 130 valence electrons. The Hall–Kier alpha value is -2.64. The van der Waals surface area contributed by atoms with E-state index >= 15 is 0 Å². The van der Waals surface area contributed by atoms with Crippen LogP contribution in [0.4, 0.5) is 0 Å². The predicted octanol–water partition coefficient (Wildman–Crippen LogP) is 2.14. The second-order valence-electron chi connectivity index (χ2n) is 5.93. The van der Waals surface area contributed by atoms with Crippen molar-refractivity contribution in [2.24, 2.45) is 5.73 Å². The average Bonchev–Trinajstić information content (AvgIpc) is 2.95. The highest BCUT2D eigenvalue weighted by atomic mass is 32.2. The molecule has 3 aromatic rings. The molecular weight excluding hydrogens is 340 g/mol. The van der Waals surface area contributed by atoms with Crippen LogP contribution in [0.25, 0.3) is 10.9 Å². The fourth-order valence-electron chi connectivity index (χ4n) is 2.73. The topological polar surface area (TPSA) is 102 Å². The van der Waals surface area contributed by atoms with E-state index in [1.165, 1.54) is 10.2 Å². The van der Waals surface area contributed by atoms with Crippen molar-refractivity contribution >= 4 is 26.9 Å². The lowest BCUT2D eigenvalue weighted by atomic mass is 10.1. The molecule has 0 bridgehead atoms. The van der Waals surface area contributed by atoms with Crippen molar-refractivity contribution in [3.8, 4) is 0 Å². The van der Waals surface area contributed by atoms with Gasteiger partial charge in [0.15, 0.2) is 0 Å². The molecule has 2 aromatic carbocycles. The number of hydrogen-bond acceptors (Lipinski definition) is 4. The number of hydrogen-bond donors (Lipinski definition) is 2. The number of rotatable bonds is 5. The van der Waals surface area contributed by atoms with Gasteiger partial charge in [-0.3, -0.25) is 4.79 Å². The van der Waals surface area contributed by atoms with E-state index in [4.69, 9.17) is 10.8 Å². The van der Waals surface area contributed by atoms with Crippen LogP contribution in [0.3, 0.4) is 0 Å². The lowest BCUT2D eigenvalue weighted by Gasteiger charge is -2.08. The van der Waals surface area contributed by atoms with E-state index in [0.717, 1.165) is 5.56 Å². The average molecular weight is 358 g/mol. The van der Waals surface area contributed by atoms with Crippen molar-refractivity contribution in [1.29, 1.82) is 0 Å². The Morgan fingerprint density at radius 3 is 2.44 bits per heavy atom. The van der Waals surface area contributed by atoms with Crippen LogP contribution < -0.4 is 5.73 Å². The number of aromatic nitrogens is 1. The van der Waals surface area contributed by atoms with E-state index in [-0.39, 0.29) is 11.3 Å². The lowest BCUT2D eigenvalue weighted by molar-refractivity contribution is -0.138. The summed E-state index contributed by atoms with van der Waals surface area (Å²) in [7, 11) is -3.79. The standard InChI is InChI=1S/C18H18N2O4S/c1-12-6-8-14(9-7-12)25(23,24)20-11-13(10-16(19)18(21)22)15-4-2-3-5-17(15)20/h2-9,11,16H,10,19H2,1H3,(H,21,22)/t16-/m0/s1. The summed E-state index contributed by atoms with van der Waals surface area (Å²) in [6, 6.07) is 12.5. The minimum absolute atomic E-state index is 0.0479. The third-order valence-corrected chi connectivity index (χ3v) is 5.78. The third-order valence-electron chi connectivity index (χ3n) is 4.10. The van der Waals surface area contributed by atoms with E-state index in [1.54, 1.807) is 48.5 Å². The maximum atomic E-state index is 13.0. The molecule has 1 aromatic heterocycles. The lowest BCUT2D eigenvalue weighted by Crippen LogP contribution is -2.32. The van der Waals surface area contributed by atoms with E-state index in [2.05, 4.69) is 0 Å². The van der Waals surface area contributed by atoms with E-state index in [9.17, 15) is 13.2 Å². The first-order valence-electron chi connectivity index (χ1n) is 7.70. The SMILES string of the molecule is Cc1ccc(S(=O)(=O)n2cc(C[C@H](N)C(=O)O)c3ccccc32)cc1. The smallest absolute Gasteiger partial charge is 0.320 e. The normalized spacial score (nSPS) is 13.0. The van der Waals surface area contributed by atoms with E-state index in [0.29, 0.717) is 16.5 Å². The monoisotopic (exact) mass is 358 g/mol. The molecule has 0 aliphatic rings. The van der Waals surface area contributed by atoms with Crippen LogP contribution in [-0.4, -0.2) is 29.5 Å². The fraction of sp³-hybridized carbons (Fsp3) is 0.167. The predicted molar refractivity (Wildman–Crippen MR) is 95.0 cm³/mol. The summed E-state index contributed by atoms with van der Waals surface area (Å²) in [5.41, 5.74) is 7.67. The van der Waals surface area contributed by atoms with E-state index in [1.807, 2.05) is 6.92 Å². The van der Waals surface area contributed by atoms with Gasteiger partial charge in [-0.25, -0.2) is 12.4 Å². The molecule has 0 spiro atoms. The van der Waals surface area contributed by atoms with Crippen molar-refractivity contribution < 1.29 is 18.3 Å². The van der Waals surface area contributed by atoms with Gasteiger partial charge < -0.3 is 10.8 Å². The summed E-state index contributed by atoms with van der Waals surface area (Å²) in [5, 5.41) is 9.71. The van der Waals surface area contributed by atoms with Gasteiger partial charge in [-0.2, -0.15) is 0 Å². The van der Waals surface area contributed by atoms with Gasteiger partial charge in [-0.15, -0.1) is 0 Å². The molecule has 1 heterocycles. The van der Waals surface area contributed by atoms with Gasteiger partial charge in [0, 0.05) is 18.0 Å². The maximum Gasteiger partial charge on any atom is 0.320 e. The molecule has 3 N–H and O–H groups in total. The minimum Gasteiger partial charge on any atom is -0.480 e. The van der Waals surface area contributed by atoms with Gasteiger partial charge in [0.25, 0.3) is 10.0 Å². The Kier molecular flexibility index (Phi) is 4.36. The summed E-state index contributed by atoms with van der Waals surface area (Å²) < 4.78 is 27.2. The van der Waals surface area contributed by atoms with Crippen molar-refractivity contribution in [2.75, 3.05) is 0 Å². The molecule has 3 rings (SSSR count). The summed E-state index contributed by atoms with van der Waals surface area (Å²) >= 11 is 0. The zero-order valence-electron chi connectivity index (χ0n) is 13.6. The number of benzene rings is 2. The number of carboxylic acids is 1. The molecule has 0 aliphatic carbocycles. The zero-order chi connectivity index (χ0) is 18.2. The van der Waals surface area contributed by atoms with Crippen LogP contribution in [0.2, 0.25) is 0 Å². The quantitative estimate of drug-likeness (QED) is 0.727. The number of carbonyl (C=O) groups is 1. The van der Waals surface area contributed by atoms with Gasteiger partial charge in [-0.1, -0.05) is 35.9 Å². The van der Waals surface area contributed by atoms with Crippen molar-refractivity contribution in [3.05, 3.63) is 65.9 Å². The number of para-hydroxylation sites is 1. The highest BCUT2D eigenvalue weighted by Gasteiger charge is 2.23. The summed E-state index contributed by atoms with van der Waals surface area (Å²) in [6.07, 6.45) is 1.51. The number of fused-ring (bicyclic) bond motifs is 1. The van der Waals surface area contributed by atoms with Gasteiger partial charge in [0.1, 0.15) is 6.04 Å². The van der Waals surface area contributed by atoms with Crippen LogP contribution in [0.15, 0.2) is 59.6 Å². The van der Waals surface area contributed by atoms with Crippen LogP contribution in [-0.2, 0) is 21.2 Å². The molecule has 0 unspecified atom stereocenters. The fourth-order valence-corrected chi connectivity index (χ4v) is 4.12. The van der Waals surface area contributed by atoms with Gasteiger partial charge in [-0.05, 0) is 30.7 Å². The summed E-state index contributed by atoms with van der Waals surface area (Å²) in [4.78, 5) is 11.2. The Morgan fingerprint density at radius 2 is 1.80 bits per heavy atom. The molecule has 0 fully saturated rings. The first-order valence-corrected chi connectivity index (χ1v) is 9.14. The molecule has 0 radical (unpaired) electrons. The Labute approximate surface area is 145 Å². The summed E-state index contributed by atoms with van der Waals surface area (Å²) in [5.74, 6) is -1.13. The van der Waals surface area contributed by atoms with Crippen LogP contribution in [0.5, 0.6) is 0 Å². The van der Waals surface area contributed by atoms with Gasteiger partial charge >= 0.3 is 5.97 Å². The summed E-state index contributed by atoms with van der Waals surface area (Å²) in [6.45, 7) is 1.88. The van der Waals surface area contributed by atoms with Gasteiger partial charge in [0.05, 0.1) is 10.4 Å². The number of aliphatic carboxylic acids is 1. The first kappa shape index (κ1) is 17.2. The molecule has 0 saturated heterocycles. The second-order valence-corrected chi connectivity index (χ2v) is 7.75. The molecule has 0 amide bonds. The molecular formula is C18H18N2O4S. The Morgan fingerprint density at radius 1 is 1.16 bits per heavy atom. The number of nitrogens with two attached hydrogens (primary N) is 1. The highest BCUT2D eigenvalue weighted by molar-refractivity contribution is 7.90. The van der Waals surface area contributed by atoms with Crippen LogP contribution in [0, 0.1) is 6.92 Å². The zero-order valence-corrected chi connectivity index (χ0v) is 14.4. The third kappa shape index (κ3) is 3.16. The number of carboxylic acid groups (broad SMARTS) is 1. The minimum atomic E-state index is -3.79. The van der Waals surface area contributed by atoms with Crippen LogP contribution in [0.1, 0.15) is 11.1 Å². The molecule has 7 heteroatoms. The number of nitrogens with zero attached hydrogens (tertiary/aromatic N) is 1. The van der Waals surface area contributed by atoms with Crippen molar-refractivity contribution in [2.45, 2.75) is 24.3 Å². The largest absolute Gasteiger partial charge is 0.480 e. The number of aryl methyl sites for hydroxylation is 1. The second kappa shape index (κ2) is 6.34. The molecule has 0 saturated carbocycles. The Balaban J connectivity index is 2.16.